The Morgan fingerprint density at radius 2 is 1.94 bits per heavy atom. The number of benzene rings is 1. The summed E-state index contributed by atoms with van der Waals surface area (Å²) in [5.74, 6) is 1.82. The fourth-order valence-electron chi connectivity index (χ4n) is 1.44. The van der Waals surface area contributed by atoms with Crippen LogP contribution < -0.4 is 5.73 Å². The molecule has 0 unspecified atom stereocenters. The molecule has 2 N–H and O–H groups in total. The zero-order chi connectivity index (χ0) is 11.5. The molecule has 1 aromatic carbocycles. The number of anilines is 1. The minimum atomic E-state index is 0.514. The van der Waals surface area contributed by atoms with Gasteiger partial charge in [0.1, 0.15) is 0 Å². The highest BCUT2D eigenvalue weighted by atomic mass is 16.5. The molecule has 0 aliphatic carbocycles. The van der Waals surface area contributed by atoms with Crippen molar-refractivity contribution in [3.8, 4) is 11.4 Å². The molecule has 2 rings (SSSR count). The van der Waals surface area contributed by atoms with Gasteiger partial charge in [0.2, 0.25) is 11.7 Å². The number of nitrogens with zero attached hydrogens (tertiary/aromatic N) is 2. The van der Waals surface area contributed by atoms with Gasteiger partial charge in [0, 0.05) is 17.7 Å². The Balaban J connectivity index is 2.21. The second-order valence-corrected chi connectivity index (χ2v) is 4.23. The van der Waals surface area contributed by atoms with Gasteiger partial charge in [-0.15, -0.1) is 0 Å². The highest BCUT2D eigenvalue weighted by Gasteiger charge is 2.09. The third kappa shape index (κ3) is 2.39. The van der Waals surface area contributed by atoms with Gasteiger partial charge in [-0.25, -0.2) is 0 Å². The van der Waals surface area contributed by atoms with Crippen LogP contribution in [-0.2, 0) is 6.42 Å². The van der Waals surface area contributed by atoms with Crippen LogP contribution in [0.2, 0.25) is 0 Å². The van der Waals surface area contributed by atoms with Crippen LogP contribution in [0.1, 0.15) is 19.7 Å². The molecule has 0 radical (unpaired) electrons. The Morgan fingerprint density at radius 1 is 1.25 bits per heavy atom. The fraction of sp³-hybridized carbons (Fsp3) is 0.333. The Labute approximate surface area is 94.5 Å². The van der Waals surface area contributed by atoms with Gasteiger partial charge in [-0.05, 0) is 30.2 Å². The van der Waals surface area contributed by atoms with Crippen molar-refractivity contribution in [3.05, 3.63) is 30.2 Å². The van der Waals surface area contributed by atoms with Gasteiger partial charge in [0.15, 0.2) is 0 Å². The minimum Gasteiger partial charge on any atom is -0.399 e. The first-order valence-electron chi connectivity index (χ1n) is 5.33. The summed E-state index contributed by atoms with van der Waals surface area (Å²) >= 11 is 0. The molecule has 0 aliphatic heterocycles. The Bertz CT molecular complexity index is 459. The van der Waals surface area contributed by atoms with Crippen LogP contribution in [0.4, 0.5) is 5.69 Å². The average Bonchev–Trinajstić information content (AvgIpc) is 2.66. The molecule has 0 fully saturated rings. The number of nitrogen functional groups attached to an aromatic ring is 1. The maximum atomic E-state index is 5.61. The van der Waals surface area contributed by atoms with Crippen molar-refractivity contribution >= 4 is 5.69 Å². The summed E-state index contributed by atoms with van der Waals surface area (Å²) in [6, 6.07) is 7.43. The number of aromatic nitrogens is 2. The van der Waals surface area contributed by atoms with E-state index < -0.39 is 0 Å². The zero-order valence-corrected chi connectivity index (χ0v) is 9.47. The summed E-state index contributed by atoms with van der Waals surface area (Å²) in [5, 5.41) is 3.94. The lowest BCUT2D eigenvalue weighted by Crippen LogP contribution is -1.93. The van der Waals surface area contributed by atoms with Gasteiger partial charge in [0.05, 0.1) is 0 Å². The van der Waals surface area contributed by atoms with E-state index in [9.17, 15) is 0 Å². The molecular weight excluding hydrogens is 202 g/mol. The lowest BCUT2D eigenvalue weighted by molar-refractivity contribution is 0.363. The minimum absolute atomic E-state index is 0.514. The molecule has 4 nitrogen and oxygen atoms in total. The van der Waals surface area contributed by atoms with Crippen molar-refractivity contribution in [3.63, 3.8) is 0 Å². The van der Waals surface area contributed by atoms with Crippen LogP contribution >= 0.6 is 0 Å². The molecular formula is C12H15N3O. The maximum Gasteiger partial charge on any atom is 0.227 e. The Kier molecular flexibility index (Phi) is 2.90. The van der Waals surface area contributed by atoms with Gasteiger partial charge < -0.3 is 10.3 Å². The Hall–Kier alpha value is -1.84. The molecule has 0 spiro atoms. The van der Waals surface area contributed by atoms with Crippen molar-refractivity contribution in [2.24, 2.45) is 5.92 Å². The first kappa shape index (κ1) is 10.7. The van der Waals surface area contributed by atoms with E-state index in [1.165, 1.54) is 0 Å². The zero-order valence-electron chi connectivity index (χ0n) is 9.47. The molecule has 0 atom stereocenters. The summed E-state index contributed by atoms with van der Waals surface area (Å²) < 4.78 is 5.17. The number of hydrogen-bond acceptors (Lipinski definition) is 4. The molecule has 0 saturated heterocycles. The van der Waals surface area contributed by atoms with Crippen LogP contribution in [0.5, 0.6) is 0 Å². The van der Waals surface area contributed by atoms with Gasteiger partial charge in [-0.1, -0.05) is 19.0 Å². The van der Waals surface area contributed by atoms with E-state index in [0.717, 1.165) is 17.7 Å². The summed E-state index contributed by atoms with van der Waals surface area (Å²) in [6.07, 6.45) is 0.808. The van der Waals surface area contributed by atoms with E-state index in [1.807, 2.05) is 24.3 Å². The van der Waals surface area contributed by atoms with E-state index in [-0.39, 0.29) is 0 Å². The van der Waals surface area contributed by atoms with Crippen molar-refractivity contribution in [1.29, 1.82) is 0 Å². The van der Waals surface area contributed by atoms with Gasteiger partial charge in [-0.2, -0.15) is 4.98 Å². The standard InChI is InChI=1S/C12H15N3O/c1-8(2)7-11-14-12(15-16-11)9-3-5-10(13)6-4-9/h3-6,8H,7,13H2,1-2H3. The SMILES string of the molecule is CC(C)Cc1nc(-c2ccc(N)cc2)no1. The summed E-state index contributed by atoms with van der Waals surface area (Å²) in [7, 11) is 0. The monoisotopic (exact) mass is 217 g/mol. The molecule has 84 valence electrons. The molecule has 4 heteroatoms. The van der Waals surface area contributed by atoms with E-state index >= 15 is 0 Å². The van der Waals surface area contributed by atoms with E-state index in [0.29, 0.717) is 17.6 Å². The average molecular weight is 217 g/mol. The predicted octanol–water partition coefficient (Wildman–Crippen LogP) is 2.52. The Morgan fingerprint density at radius 3 is 2.56 bits per heavy atom. The van der Waals surface area contributed by atoms with Crippen molar-refractivity contribution in [2.45, 2.75) is 20.3 Å². The molecule has 1 heterocycles. The lowest BCUT2D eigenvalue weighted by Gasteiger charge is -1.96. The summed E-state index contributed by atoms with van der Waals surface area (Å²) in [5.41, 5.74) is 7.27. The first-order chi connectivity index (χ1) is 7.65. The van der Waals surface area contributed by atoms with Gasteiger partial charge in [-0.3, -0.25) is 0 Å². The largest absolute Gasteiger partial charge is 0.399 e. The van der Waals surface area contributed by atoms with E-state index in [1.54, 1.807) is 0 Å². The van der Waals surface area contributed by atoms with Crippen LogP contribution in [0.25, 0.3) is 11.4 Å². The van der Waals surface area contributed by atoms with Crippen molar-refractivity contribution < 1.29 is 4.52 Å². The second kappa shape index (κ2) is 4.35. The molecule has 1 aromatic heterocycles. The van der Waals surface area contributed by atoms with Crippen LogP contribution in [0, 0.1) is 5.92 Å². The predicted molar refractivity (Wildman–Crippen MR) is 62.7 cm³/mol. The number of rotatable bonds is 3. The van der Waals surface area contributed by atoms with Crippen molar-refractivity contribution in [2.75, 3.05) is 5.73 Å². The van der Waals surface area contributed by atoms with E-state index in [4.69, 9.17) is 10.3 Å². The highest BCUT2D eigenvalue weighted by Crippen LogP contribution is 2.18. The van der Waals surface area contributed by atoms with Crippen LogP contribution in [-0.4, -0.2) is 10.1 Å². The normalized spacial score (nSPS) is 10.9. The molecule has 2 aromatic rings. The quantitative estimate of drug-likeness (QED) is 0.802. The summed E-state index contributed by atoms with van der Waals surface area (Å²) in [6.45, 7) is 4.24. The smallest absolute Gasteiger partial charge is 0.227 e. The molecule has 0 bridgehead atoms. The van der Waals surface area contributed by atoms with Crippen LogP contribution in [0.3, 0.4) is 0 Å². The number of hydrogen-bond donors (Lipinski definition) is 1. The fourth-order valence-corrected chi connectivity index (χ4v) is 1.44. The third-order valence-electron chi connectivity index (χ3n) is 2.22. The lowest BCUT2D eigenvalue weighted by atomic mass is 10.1. The topological polar surface area (TPSA) is 64.9 Å². The van der Waals surface area contributed by atoms with Crippen LogP contribution in [0.15, 0.2) is 28.8 Å². The first-order valence-corrected chi connectivity index (χ1v) is 5.33. The maximum absolute atomic E-state index is 5.61. The molecule has 0 saturated carbocycles. The third-order valence-corrected chi connectivity index (χ3v) is 2.22. The van der Waals surface area contributed by atoms with Crippen molar-refractivity contribution in [1.82, 2.24) is 10.1 Å². The molecule has 0 aliphatic rings. The van der Waals surface area contributed by atoms with Gasteiger partial charge >= 0.3 is 0 Å². The van der Waals surface area contributed by atoms with E-state index in [2.05, 4.69) is 24.0 Å². The van der Waals surface area contributed by atoms with Gasteiger partial charge in [0.25, 0.3) is 0 Å². The number of nitrogens with two attached hydrogens (primary N) is 1. The summed E-state index contributed by atoms with van der Waals surface area (Å²) in [4.78, 5) is 4.33. The molecule has 0 amide bonds. The highest BCUT2D eigenvalue weighted by molar-refractivity contribution is 5.57. The second-order valence-electron chi connectivity index (χ2n) is 4.23. The molecule has 16 heavy (non-hydrogen) atoms.